The fraction of sp³-hybridized carbons (Fsp3) is 0.588. The molecule has 0 spiro atoms. The molecule has 0 radical (unpaired) electrons. The van der Waals surface area contributed by atoms with Crippen molar-refractivity contribution in [3.05, 3.63) is 23.0 Å². The standard InChI is InChI=1S/C17H22N4O2.ClH/c1-2-3-13-15-12(17(22)21-8-6-18-7-9-21)10-14(11-4-5-11)19-16(15)23-20-13;/h10-11,18H,2-9H2,1H3;1H. The molecule has 24 heavy (non-hydrogen) atoms. The number of fused-ring (bicyclic) bond motifs is 1. The van der Waals surface area contributed by atoms with Gasteiger partial charge in [-0.1, -0.05) is 18.5 Å². The Hall–Kier alpha value is -1.66. The van der Waals surface area contributed by atoms with E-state index in [1.54, 1.807) is 0 Å². The summed E-state index contributed by atoms with van der Waals surface area (Å²) >= 11 is 0. The van der Waals surface area contributed by atoms with E-state index in [1.807, 2.05) is 11.0 Å². The van der Waals surface area contributed by atoms with Gasteiger partial charge in [0.05, 0.1) is 16.6 Å². The van der Waals surface area contributed by atoms with Crippen LogP contribution < -0.4 is 5.32 Å². The van der Waals surface area contributed by atoms with Gasteiger partial charge in [0.15, 0.2) is 0 Å². The minimum absolute atomic E-state index is 0. The molecule has 0 unspecified atom stereocenters. The molecule has 3 heterocycles. The van der Waals surface area contributed by atoms with Crippen molar-refractivity contribution < 1.29 is 9.32 Å². The first-order chi connectivity index (χ1) is 11.3. The predicted molar refractivity (Wildman–Crippen MR) is 93.8 cm³/mol. The first kappa shape index (κ1) is 17.2. The maximum Gasteiger partial charge on any atom is 0.259 e. The van der Waals surface area contributed by atoms with Gasteiger partial charge in [-0.05, 0) is 25.3 Å². The molecule has 0 aromatic carbocycles. The van der Waals surface area contributed by atoms with Crippen LogP contribution in [0.15, 0.2) is 10.6 Å². The second-order valence-corrected chi connectivity index (χ2v) is 6.47. The Balaban J connectivity index is 0.00000169. The molecule has 1 N–H and O–H groups in total. The average Bonchev–Trinajstić information content (AvgIpc) is 3.37. The monoisotopic (exact) mass is 350 g/mol. The van der Waals surface area contributed by atoms with Crippen molar-refractivity contribution in [2.24, 2.45) is 0 Å². The van der Waals surface area contributed by atoms with E-state index in [2.05, 4.69) is 22.4 Å². The lowest BCUT2D eigenvalue weighted by Crippen LogP contribution is -2.46. The van der Waals surface area contributed by atoms with E-state index in [-0.39, 0.29) is 18.3 Å². The Morgan fingerprint density at radius 3 is 2.79 bits per heavy atom. The van der Waals surface area contributed by atoms with Gasteiger partial charge in [0, 0.05) is 37.8 Å². The summed E-state index contributed by atoms with van der Waals surface area (Å²) in [6, 6.07) is 1.99. The fourth-order valence-electron chi connectivity index (χ4n) is 3.23. The van der Waals surface area contributed by atoms with E-state index in [9.17, 15) is 4.79 Å². The number of nitrogens with one attached hydrogen (secondary N) is 1. The molecule has 2 aromatic rings. The maximum absolute atomic E-state index is 13.1. The number of aromatic nitrogens is 2. The van der Waals surface area contributed by atoms with E-state index in [0.29, 0.717) is 11.6 Å². The van der Waals surface area contributed by atoms with Crippen LogP contribution in [-0.4, -0.2) is 47.1 Å². The van der Waals surface area contributed by atoms with Crippen LogP contribution >= 0.6 is 12.4 Å². The van der Waals surface area contributed by atoms with Gasteiger partial charge in [0.2, 0.25) is 0 Å². The number of pyridine rings is 1. The average molecular weight is 351 g/mol. The topological polar surface area (TPSA) is 71.3 Å². The third-order valence-electron chi connectivity index (χ3n) is 4.65. The van der Waals surface area contributed by atoms with Gasteiger partial charge >= 0.3 is 0 Å². The molecule has 0 atom stereocenters. The molecule has 1 aliphatic carbocycles. The largest absolute Gasteiger partial charge is 0.336 e. The Kier molecular flexibility index (Phi) is 5.06. The molecule has 4 rings (SSSR count). The van der Waals surface area contributed by atoms with Gasteiger partial charge < -0.3 is 14.7 Å². The van der Waals surface area contributed by atoms with Crippen LogP contribution in [0.1, 0.15) is 53.8 Å². The molecule has 0 bridgehead atoms. The van der Waals surface area contributed by atoms with Crippen molar-refractivity contribution >= 4 is 29.4 Å². The summed E-state index contributed by atoms with van der Waals surface area (Å²) < 4.78 is 5.45. The Morgan fingerprint density at radius 1 is 1.38 bits per heavy atom. The number of hydrogen-bond donors (Lipinski definition) is 1. The van der Waals surface area contributed by atoms with E-state index < -0.39 is 0 Å². The van der Waals surface area contributed by atoms with Crippen molar-refractivity contribution in [2.75, 3.05) is 26.2 Å². The van der Waals surface area contributed by atoms with Crippen LogP contribution in [0.4, 0.5) is 0 Å². The van der Waals surface area contributed by atoms with Crippen molar-refractivity contribution in [1.29, 1.82) is 0 Å². The smallest absolute Gasteiger partial charge is 0.259 e. The third kappa shape index (κ3) is 3.13. The molecule has 6 nitrogen and oxygen atoms in total. The molecular formula is C17H23ClN4O2. The number of nitrogens with zero attached hydrogens (tertiary/aromatic N) is 3. The lowest BCUT2D eigenvalue weighted by molar-refractivity contribution is 0.0737. The highest BCUT2D eigenvalue weighted by atomic mass is 35.5. The molecule has 1 aliphatic heterocycles. The van der Waals surface area contributed by atoms with Crippen LogP contribution in [0.25, 0.3) is 11.1 Å². The maximum atomic E-state index is 13.1. The molecule has 1 saturated heterocycles. The molecule has 7 heteroatoms. The number of carbonyl (C=O) groups excluding carboxylic acids is 1. The molecule has 2 aromatic heterocycles. The summed E-state index contributed by atoms with van der Waals surface area (Å²) in [5.41, 5.74) is 3.09. The lowest BCUT2D eigenvalue weighted by atomic mass is 10.0. The number of carbonyl (C=O) groups is 1. The molecule has 2 fully saturated rings. The first-order valence-corrected chi connectivity index (χ1v) is 8.57. The first-order valence-electron chi connectivity index (χ1n) is 8.57. The van der Waals surface area contributed by atoms with Gasteiger partial charge in [0.25, 0.3) is 11.6 Å². The highest BCUT2D eigenvalue weighted by molar-refractivity contribution is 6.06. The summed E-state index contributed by atoms with van der Waals surface area (Å²) in [5.74, 6) is 0.565. The quantitative estimate of drug-likeness (QED) is 0.917. The Labute approximate surface area is 147 Å². The molecule has 2 aliphatic rings. The van der Waals surface area contributed by atoms with Gasteiger partial charge in [-0.25, -0.2) is 4.98 Å². The van der Waals surface area contributed by atoms with Gasteiger partial charge in [-0.15, -0.1) is 12.4 Å². The summed E-state index contributed by atoms with van der Waals surface area (Å²) in [6.07, 6.45) is 4.07. The van der Waals surface area contributed by atoms with Gasteiger partial charge in [0.1, 0.15) is 0 Å². The fourth-order valence-corrected chi connectivity index (χ4v) is 3.23. The number of halogens is 1. The van der Waals surface area contributed by atoms with Crippen LogP contribution in [0.3, 0.4) is 0 Å². The number of aryl methyl sites for hydroxylation is 1. The highest BCUT2D eigenvalue weighted by Crippen LogP contribution is 2.40. The molecule has 1 saturated carbocycles. The second-order valence-electron chi connectivity index (χ2n) is 6.47. The SMILES string of the molecule is CCCc1noc2nc(C3CC3)cc(C(=O)N3CCNCC3)c12.Cl. The third-order valence-corrected chi connectivity index (χ3v) is 4.65. The van der Waals surface area contributed by atoms with E-state index in [0.717, 1.165) is 74.2 Å². The van der Waals surface area contributed by atoms with Crippen molar-refractivity contribution in [3.8, 4) is 0 Å². The minimum atomic E-state index is 0. The van der Waals surface area contributed by atoms with Crippen molar-refractivity contribution in [3.63, 3.8) is 0 Å². The zero-order valence-corrected chi connectivity index (χ0v) is 14.7. The van der Waals surface area contributed by atoms with Crippen LogP contribution in [-0.2, 0) is 6.42 Å². The Bertz CT molecular complexity index is 736. The second kappa shape index (κ2) is 7.07. The Morgan fingerprint density at radius 2 is 2.12 bits per heavy atom. The zero-order chi connectivity index (χ0) is 15.8. The predicted octanol–water partition coefficient (Wildman–Crippen LogP) is 2.52. The van der Waals surface area contributed by atoms with Crippen LogP contribution in [0.5, 0.6) is 0 Å². The zero-order valence-electron chi connectivity index (χ0n) is 13.9. The summed E-state index contributed by atoms with van der Waals surface area (Å²) in [7, 11) is 0. The number of piperazine rings is 1. The van der Waals surface area contributed by atoms with E-state index in [1.165, 1.54) is 0 Å². The van der Waals surface area contributed by atoms with Gasteiger partial charge in [-0.2, -0.15) is 0 Å². The van der Waals surface area contributed by atoms with Crippen LogP contribution in [0, 0.1) is 0 Å². The van der Waals surface area contributed by atoms with E-state index in [4.69, 9.17) is 4.52 Å². The molecule has 130 valence electrons. The minimum Gasteiger partial charge on any atom is -0.336 e. The van der Waals surface area contributed by atoms with Crippen molar-refractivity contribution in [2.45, 2.75) is 38.5 Å². The number of rotatable bonds is 4. The van der Waals surface area contributed by atoms with Gasteiger partial charge in [-0.3, -0.25) is 4.79 Å². The van der Waals surface area contributed by atoms with Crippen LogP contribution in [0.2, 0.25) is 0 Å². The summed E-state index contributed by atoms with van der Waals surface area (Å²) in [6.45, 7) is 5.29. The number of hydrogen-bond acceptors (Lipinski definition) is 5. The summed E-state index contributed by atoms with van der Waals surface area (Å²) in [5, 5.41) is 8.28. The van der Waals surface area contributed by atoms with Crippen molar-refractivity contribution in [1.82, 2.24) is 20.4 Å². The summed E-state index contributed by atoms with van der Waals surface area (Å²) in [4.78, 5) is 19.6. The molecule has 1 amide bonds. The highest BCUT2D eigenvalue weighted by Gasteiger charge is 2.30. The normalized spacial score (nSPS) is 17.8. The lowest BCUT2D eigenvalue weighted by Gasteiger charge is -2.27. The number of amides is 1. The molecular weight excluding hydrogens is 328 g/mol. The van der Waals surface area contributed by atoms with E-state index >= 15 is 0 Å².